The lowest BCUT2D eigenvalue weighted by atomic mass is 9.83. The van der Waals surface area contributed by atoms with Crippen molar-refractivity contribution in [2.75, 3.05) is 61.1 Å². The maximum Gasteiger partial charge on any atom is 0.250 e. The molecule has 0 aromatic heterocycles. The van der Waals surface area contributed by atoms with E-state index in [1.54, 1.807) is 26.2 Å². The number of amides is 3. The lowest BCUT2D eigenvalue weighted by Gasteiger charge is -2.41. The fourth-order valence-corrected chi connectivity index (χ4v) is 9.57. The minimum Gasteiger partial charge on any atom is -0.379 e. The number of ketones is 2. The number of carbonyl (C=O) groups is 5. The number of hydrogen-bond donors (Lipinski definition) is 1. The Labute approximate surface area is 361 Å². The molecule has 2 fully saturated rings. The maximum atomic E-state index is 14.5. The molecule has 2 saturated heterocycles. The molecule has 0 aliphatic carbocycles. The molecule has 2 aliphatic heterocycles. The largest absolute Gasteiger partial charge is 0.379 e. The minimum absolute atomic E-state index is 0.0139. The van der Waals surface area contributed by atoms with Gasteiger partial charge in [-0.1, -0.05) is 85.2 Å². The van der Waals surface area contributed by atoms with E-state index < -0.39 is 36.0 Å². The first-order valence-electron chi connectivity index (χ1n) is 22.6. The molecule has 0 saturated carbocycles. The molecule has 2 heterocycles. The molecule has 3 rings (SSSR count). The van der Waals surface area contributed by atoms with Crippen LogP contribution in [0.1, 0.15) is 105 Å². The smallest absolute Gasteiger partial charge is 0.250 e. The van der Waals surface area contributed by atoms with E-state index in [0.717, 1.165) is 31.2 Å². The Kier molecular flexibility index (Phi) is 21.3. The van der Waals surface area contributed by atoms with E-state index in [1.807, 2.05) is 81.8 Å². The van der Waals surface area contributed by atoms with Crippen LogP contribution in [0.25, 0.3) is 0 Å². The van der Waals surface area contributed by atoms with Crippen molar-refractivity contribution in [1.82, 2.24) is 19.8 Å². The molecule has 13 nitrogen and oxygen atoms in total. The zero-order valence-corrected chi connectivity index (χ0v) is 38.8. The second-order valence-corrected chi connectivity index (χ2v) is 18.1. The van der Waals surface area contributed by atoms with Crippen molar-refractivity contribution in [2.45, 2.75) is 137 Å². The number of hydroxylamine groups is 2. The number of likely N-dealkylation sites (tertiary alicyclic amines) is 1. The molecular weight excluding hydrogens is 763 g/mol. The van der Waals surface area contributed by atoms with Gasteiger partial charge in [0.1, 0.15) is 5.78 Å². The summed E-state index contributed by atoms with van der Waals surface area (Å²) in [6.07, 6.45) is 3.30. The van der Waals surface area contributed by atoms with Crippen LogP contribution in [-0.2, 0) is 44.7 Å². The van der Waals surface area contributed by atoms with Crippen molar-refractivity contribution in [2.24, 2.45) is 41.2 Å². The fourth-order valence-electron chi connectivity index (χ4n) is 9.57. The topological polar surface area (TPSA) is 152 Å². The first kappa shape index (κ1) is 51.1. The number of hydrogen-bond acceptors (Lipinski definition) is 10. The fraction of sp³-hybridized carbons (Fsp3) is 0.766. The zero-order valence-electron chi connectivity index (χ0n) is 38.8. The number of nitrogens with zero attached hydrogens (tertiary/aromatic N) is 4. The highest BCUT2D eigenvalue weighted by Crippen LogP contribution is 2.32. The molecule has 0 bridgehead atoms. The Hall–Kier alpha value is -3.23. The molecule has 0 spiro atoms. The van der Waals surface area contributed by atoms with Gasteiger partial charge in [-0.25, -0.2) is 5.06 Å². The maximum absolute atomic E-state index is 14.5. The number of likely N-dealkylation sites (N-methyl/N-ethyl adjacent to an activating group) is 2. The van der Waals surface area contributed by atoms with E-state index in [4.69, 9.17) is 20.0 Å². The Morgan fingerprint density at radius 1 is 0.867 bits per heavy atom. The van der Waals surface area contributed by atoms with Crippen molar-refractivity contribution in [3.8, 4) is 0 Å². The molecule has 1 aromatic carbocycles. The van der Waals surface area contributed by atoms with Gasteiger partial charge in [-0.2, -0.15) is 0 Å². The van der Waals surface area contributed by atoms with Crippen LogP contribution >= 0.6 is 0 Å². The van der Waals surface area contributed by atoms with Crippen LogP contribution in [0, 0.1) is 35.5 Å². The number of rotatable bonds is 25. The normalized spacial score (nSPS) is 20.1. The minimum atomic E-state index is -0.618. The van der Waals surface area contributed by atoms with Gasteiger partial charge in [0.05, 0.1) is 49.3 Å². The predicted octanol–water partition coefficient (Wildman–Crippen LogP) is 5.43. The van der Waals surface area contributed by atoms with Crippen molar-refractivity contribution < 1.29 is 38.3 Å². The molecule has 2 N–H and O–H groups in total. The molecule has 60 heavy (non-hydrogen) atoms. The summed E-state index contributed by atoms with van der Waals surface area (Å²) in [7, 11) is 6.84. The number of benzene rings is 1. The standard InChI is InChI=1S/C47H79N5O8/c1-12-33(6)44(50(9)47(57)37(31(2)3)29-40(54)43(32(4)5)49(8)25-22-48)41(58-10)30-42(55)51-23-18-21-38(51)45(59-11)34(7)39(53)28-36(27-35-19-14-13-15-20-35)46(56)52-24-16-17-26-60-52/h13-15,19-20,31-34,36-38,41,43-45H,12,16-18,21-30,48H2,1-11H3/t33-,34-,36+,37-,38-,41+,43-,44-,45+/m0/s1. The third-order valence-electron chi connectivity index (χ3n) is 13.2. The number of ether oxygens (including phenoxy) is 2. The van der Waals surface area contributed by atoms with Crippen LogP contribution in [-0.4, -0.2) is 140 Å². The van der Waals surface area contributed by atoms with Crippen molar-refractivity contribution in [3.05, 3.63) is 35.9 Å². The molecular formula is C47H79N5O8. The van der Waals surface area contributed by atoms with Gasteiger partial charge in [0.25, 0.3) is 0 Å². The average molecular weight is 842 g/mol. The van der Waals surface area contributed by atoms with E-state index in [1.165, 1.54) is 5.06 Å². The molecule has 340 valence electrons. The van der Waals surface area contributed by atoms with E-state index >= 15 is 0 Å². The van der Waals surface area contributed by atoms with Crippen molar-refractivity contribution in [1.29, 1.82) is 0 Å². The monoisotopic (exact) mass is 842 g/mol. The van der Waals surface area contributed by atoms with Gasteiger partial charge >= 0.3 is 0 Å². The van der Waals surface area contributed by atoms with Crippen molar-refractivity contribution in [3.63, 3.8) is 0 Å². The van der Waals surface area contributed by atoms with Crippen LogP contribution < -0.4 is 5.73 Å². The summed E-state index contributed by atoms with van der Waals surface area (Å²) in [5.74, 6) is -2.30. The number of carbonyl (C=O) groups excluding carboxylic acids is 5. The highest BCUT2D eigenvalue weighted by atomic mass is 16.7. The third-order valence-corrected chi connectivity index (χ3v) is 13.2. The molecule has 9 atom stereocenters. The first-order valence-corrected chi connectivity index (χ1v) is 22.6. The highest BCUT2D eigenvalue weighted by Gasteiger charge is 2.44. The van der Waals surface area contributed by atoms with E-state index in [2.05, 4.69) is 13.8 Å². The first-order chi connectivity index (χ1) is 28.5. The second kappa shape index (κ2) is 25.0. The SMILES string of the molecule is CC[C@H](C)[C@@H]([C@@H](CC(=O)N1CCC[C@H]1[C@H](OC)[C@@H](C)C(=O)C[C@@H](Cc1ccccc1)C(=O)N1CCCCO1)OC)N(C)C(=O)[C@@H](CC(=O)[C@H](C(C)C)N(C)CCN)C(C)C. The Morgan fingerprint density at radius 2 is 1.55 bits per heavy atom. The lowest BCUT2D eigenvalue weighted by molar-refractivity contribution is -0.201. The van der Waals surface area contributed by atoms with Gasteiger partial charge in [0.2, 0.25) is 17.7 Å². The Balaban J connectivity index is 1.80. The van der Waals surface area contributed by atoms with Crippen LogP contribution in [0.2, 0.25) is 0 Å². The summed E-state index contributed by atoms with van der Waals surface area (Å²) in [6.45, 7) is 16.5. The number of methoxy groups -OCH3 is 2. The van der Waals surface area contributed by atoms with E-state index in [9.17, 15) is 24.0 Å². The summed E-state index contributed by atoms with van der Waals surface area (Å²) in [6, 6.07) is 8.59. The summed E-state index contributed by atoms with van der Waals surface area (Å²) >= 11 is 0. The summed E-state index contributed by atoms with van der Waals surface area (Å²) < 4.78 is 12.2. The van der Waals surface area contributed by atoms with Gasteiger partial charge in [0, 0.05) is 72.1 Å². The summed E-state index contributed by atoms with van der Waals surface area (Å²) in [5, 5.41) is 1.43. The molecule has 3 amide bonds. The van der Waals surface area contributed by atoms with Gasteiger partial charge in [-0.15, -0.1) is 0 Å². The third kappa shape index (κ3) is 13.6. The molecule has 0 unspecified atom stereocenters. The van der Waals surface area contributed by atoms with Gasteiger partial charge < -0.3 is 25.0 Å². The summed E-state index contributed by atoms with van der Waals surface area (Å²) in [5.41, 5.74) is 6.80. The molecule has 0 radical (unpaired) electrons. The van der Waals surface area contributed by atoms with Gasteiger partial charge in [-0.3, -0.25) is 33.7 Å². The average Bonchev–Trinajstić information content (AvgIpc) is 3.72. The zero-order chi connectivity index (χ0) is 44.7. The Morgan fingerprint density at radius 3 is 2.10 bits per heavy atom. The molecule has 13 heteroatoms. The van der Waals surface area contributed by atoms with Crippen LogP contribution in [0.15, 0.2) is 30.3 Å². The van der Waals surface area contributed by atoms with Crippen LogP contribution in [0.3, 0.4) is 0 Å². The number of nitrogens with two attached hydrogens (primary N) is 1. The van der Waals surface area contributed by atoms with Crippen molar-refractivity contribution >= 4 is 29.3 Å². The highest BCUT2D eigenvalue weighted by molar-refractivity contribution is 5.90. The Bertz CT molecular complexity index is 1500. The molecule has 2 aliphatic rings. The molecule has 1 aromatic rings. The predicted molar refractivity (Wildman–Crippen MR) is 235 cm³/mol. The van der Waals surface area contributed by atoms with Gasteiger partial charge in [0.15, 0.2) is 5.78 Å². The number of Topliss-reactive ketones (excluding diaryl/α,β-unsaturated/α-hetero) is 2. The van der Waals surface area contributed by atoms with Crippen LogP contribution in [0.5, 0.6) is 0 Å². The lowest BCUT2D eigenvalue weighted by Crippen LogP contribution is -2.54. The quantitative estimate of drug-likeness (QED) is 0.135. The van der Waals surface area contributed by atoms with Gasteiger partial charge in [-0.05, 0) is 62.5 Å². The van der Waals surface area contributed by atoms with E-state index in [-0.39, 0.29) is 78.4 Å². The van der Waals surface area contributed by atoms with E-state index in [0.29, 0.717) is 45.6 Å². The second-order valence-electron chi connectivity index (χ2n) is 18.1. The van der Waals surface area contributed by atoms with Crippen LogP contribution in [0.4, 0.5) is 0 Å². The summed E-state index contributed by atoms with van der Waals surface area (Å²) in [4.78, 5) is 81.9.